The normalized spacial score (nSPS) is 9.46. The van der Waals surface area contributed by atoms with Crippen LogP contribution in [0.1, 0.15) is 16.1 Å². The van der Waals surface area contributed by atoms with Crippen LogP contribution in [0.25, 0.3) is 6.08 Å². The van der Waals surface area contributed by atoms with E-state index in [9.17, 15) is 18.0 Å². The minimum absolute atomic E-state index is 0.0805. The molecule has 0 aromatic carbocycles. The molecule has 0 saturated heterocycles. The van der Waals surface area contributed by atoms with Gasteiger partial charge in [0.1, 0.15) is 5.69 Å². The number of hydrogen-bond donors (Lipinski definition) is 0. The van der Waals surface area contributed by atoms with Crippen LogP contribution in [-0.4, -0.2) is 11.3 Å². The van der Waals surface area contributed by atoms with Gasteiger partial charge in [-0.1, -0.05) is 0 Å². The van der Waals surface area contributed by atoms with E-state index in [1.54, 1.807) is 0 Å². The molecule has 0 unspecified atom stereocenters. The summed E-state index contributed by atoms with van der Waals surface area (Å²) in [6.45, 7) is 0. The average molecular weight is 187 g/mol. The maximum Gasteiger partial charge on any atom is 0.270 e. The third kappa shape index (κ3) is 2.40. The quantitative estimate of drug-likeness (QED) is 0.664. The first-order valence-corrected chi connectivity index (χ1v) is 3.27. The summed E-state index contributed by atoms with van der Waals surface area (Å²) in [7, 11) is 0. The Kier molecular flexibility index (Phi) is 2.79. The monoisotopic (exact) mass is 187 g/mol. The fourth-order valence-corrected chi connectivity index (χ4v) is 0.755. The van der Waals surface area contributed by atoms with Crippen molar-refractivity contribution < 1.29 is 18.0 Å². The van der Waals surface area contributed by atoms with Crippen LogP contribution in [0.15, 0.2) is 18.3 Å². The van der Waals surface area contributed by atoms with Gasteiger partial charge in [-0.15, -0.1) is 0 Å². The van der Waals surface area contributed by atoms with Crippen LogP contribution in [0, 0.1) is 5.82 Å². The van der Waals surface area contributed by atoms with Crippen molar-refractivity contribution in [2.45, 2.75) is 0 Å². The third-order valence-electron chi connectivity index (χ3n) is 1.28. The first-order chi connectivity index (χ1) is 6.13. The van der Waals surface area contributed by atoms with E-state index >= 15 is 0 Å². The van der Waals surface area contributed by atoms with Crippen molar-refractivity contribution >= 4 is 12.4 Å². The average Bonchev–Trinajstić information content (AvgIpc) is 2.03. The second-order valence-electron chi connectivity index (χ2n) is 2.19. The van der Waals surface area contributed by atoms with Crippen molar-refractivity contribution in [1.82, 2.24) is 4.98 Å². The van der Waals surface area contributed by atoms with Gasteiger partial charge in [0, 0.05) is 17.8 Å². The lowest BCUT2D eigenvalue weighted by atomic mass is 10.2. The van der Waals surface area contributed by atoms with Gasteiger partial charge in [0.25, 0.3) is 6.08 Å². The molecular weight excluding hydrogens is 183 g/mol. The Bertz CT molecular complexity index is 358. The summed E-state index contributed by atoms with van der Waals surface area (Å²) in [5.74, 6) is -0.912. The van der Waals surface area contributed by atoms with Crippen LogP contribution in [-0.2, 0) is 0 Å². The zero-order valence-electron chi connectivity index (χ0n) is 6.30. The Morgan fingerprint density at radius 1 is 1.46 bits per heavy atom. The van der Waals surface area contributed by atoms with Gasteiger partial charge >= 0.3 is 0 Å². The highest BCUT2D eigenvalue weighted by molar-refractivity contribution is 5.72. The smallest absolute Gasteiger partial charge is 0.270 e. The Hall–Kier alpha value is -1.65. The summed E-state index contributed by atoms with van der Waals surface area (Å²) in [6.07, 6.45) is -0.273. The summed E-state index contributed by atoms with van der Waals surface area (Å²) in [5.41, 5.74) is -0.473. The first-order valence-electron chi connectivity index (χ1n) is 3.27. The fourth-order valence-electron chi connectivity index (χ4n) is 0.755. The number of halogens is 3. The van der Waals surface area contributed by atoms with Gasteiger partial charge in [0.05, 0.1) is 0 Å². The van der Waals surface area contributed by atoms with Crippen LogP contribution in [0.2, 0.25) is 0 Å². The minimum Gasteiger partial charge on any atom is -0.296 e. The Balaban J connectivity index is 3.10. The topological polar surface area (TPSA) is 30.0 Å². The predicted octanol–water partition coefficient (Wildman–Crippen LogP) is 2.27. The fraction of sp³-hybridized carbons (Fsp3) is 0. The van der Waals surface area contributed by atoms with E-state index in [0.29, 0.717) is 6.08 Å². The number of rotatable bonds is 2. The van der Waals surface area contributed by atoms with Crippen LogP contribution in [0.4, 0.5) is 13.2 Å². The van der Waals surface area contributed by atoms with E-state index in [2.05, 4.69) is 4.98 Å². The van der Waals surface area contributed by atoms with E-state index in [0.717, 1.165) is 12.3 Å². The minimum atomic E-state index is -1.94. The van der Waals surface area contributed by atoms with E-state index in [4.69, 9.17) is 0 Å². The second kappa shape index (κ2) is 3.84. The van der Waals surface area contributed by atoms with Crippen molar-refractivity contribution in [1.29, 1.82) is 0 Å². The molecule has 0 N–H and O–H groups in total. The molecule has 2 nitrogen and oxygen atoms in total. The van der Waals surface area contributed by atoms with E-state index in [1.165, 1.54) is 0 Å². The Morgan fingerprint density at radius 2 is 2.15 bits per heavy atom. The molecular formula is C8H4F3NO. The largest absolute Gasteiger partial charge is 0.296 e. The predicted molar refractivity (Wildman–Crippen MR) is 39.8 cm³/mol. The first kappa shape index (κ1) is 9.44. The van der Waals surface area contributed by atoms with Crippen LogP contribution >= 0.6 is 0 Å². The Morgan fingerprint density at radius 3 is 2.62 bits per heavy atom. The van der Waals surface area contributed by atoms with Gasteiger partial charge in [-0.05, 0) is 6.07 Å². The molecule has 0 fully saturated rings. The number of pyridine rings is 1. The molecule has 1 heterocycles. The standard InChI is InChI=1S/C8H4F3NO/c9-6-1-5(2-8(10)11)3-12-7(6)4-13/h1-4H. The number of aldehydes is 1. The highest BCUT2D eigenvalue weighted by atomic mass is 19.3. The molecule has 13 heavy (non-hydrogen) atoms. The lowest BCUT2D eigenvalue weighted by molar-refractivity contribution is 0.111. The number of carbonyl (C=O) groups excluding carboxylic acids is 1. The number of carbonyl (C=O) groups is 1. The highest BCUT2D eigenvalue weighted by Gasteiger charge is 2.03. The maximum absolute atomic E-state index is 12.7. The van der Waals surface area contributed by atoms with Crippen molar-refractivity contribution in [2.75, 3.05) is 0 Å². The molecule has 1 aromatic rings. The van der Waals surface area contributed by atoms with Crippen molar-refractivity contribution in [3.63, 3.8) is 0 Å². The zero-order chi connectivity index (χ0) is 9.84. The number of aromatic nitrogens is 1. The Labute approximate surface area is 71.7 Å². The van der Waals surface area contributed by atoms with Crippen molar-refractivity contribution in [3.05, 3.63) is 35.4 Å². The third-order valence-corrected chi connectivity index (χ3v) is 1.28. The molecule has 0 spiro atoms. The van der Waals surface area contributed by atoms with Crippen LogP contribution in [0.5, 0.6) is 0 Å². The summed E-state index contributed by atoms with van der Waals surface area (Å²) >= 11 is 0. The van der Waals surface area contributed by atoms with Crippen molar-refractivity contribution in [3.8, 4) is 0 Å². The molecule has 68 valence electrons. The summed E-state index contributed by atoms with van der Waals surface area (Å²) in [5, 5.41) is 0. The lowest BCUT2D eigenvalue weighted by Crippen LogP contribution is -1.92. The van der Waals surface area contributed by atoms with Gasteiger partial charge in [-0.2, -0.15) is 8.78 Å². The molecule has 0 amide bonds. The van der Waals surface area contributed by atoms with Gasteiger partial charge < -0.3 is 0 Å². The number of hydrogen-bond acceptors (Lipinski definition) is 2. The van der Waals surface area contributed by atoms with E-state index in [1.807, 2.05) is 0 Å². The molecule has 0 bridgehead atoms. The molecule has 0 saturated carbocycles. The van der Waals surface area contributed by atoms with Crippen LogP contribution < -0.4 is 0 Å². The highest BCUT2D eigenvalue weighted by Crippen LogP contribution is 2.10. The lowest BCUT2D eigenvalue weighted by Gasteiger charge is -1.94. The SMILES string of the molecule is O=Cc1ncc(C=C(F)F)cc1F. The summed E-state index contributed by atoms with van der Waals surface area (Å²) < 4.78 is 36.1. The molecule has 0 aliphatic rings. The van der Waals surface area contributed by atoms with Crippen molar-refractivity contribution in [2.24, 2.45) is 0 Å². The summed E-state index contributed by atoms with van der Waals surface area (Å²) in [4.78, 5) is 13.4. The molecule has 0 aliphatic heterocycles. The van der Waals surface area contributed by atoms with Crippen LogP contribution in [0.3, 0.4) is 0 Å². The van der Waals surface area contributed by atoms with E-state index in [-0.39, 0.29) is 11.8 Å². The second-order valence-corrected chi connectivity index (χ2v) is 2.19. The van der Waals surface area contributed by atoms with Gasteiger partial charge in [0.2, 0.25) is 0 Å². The molecule has 1 rings (SSSR count). The summed E-state index contributed by atoms with van der Waals surface area (Å²) in [6, 6.07) is 0.815. The number of nitrogens with zero attached hydrogens (tertiary/aromatic N) is 1. The zero-order valence-corrected chi connectivity index (χ0v) is 6.30. The van der Waals surface area contributed by atoms with Gasteiger partial charge in [-0.3, -0.25) is 4.79 Å². The molecule has 0 radical (unpaired) electrons. The van der Waals surface area contributed by atoms with E-state index < -0.39 is 17.6 Å². The molecule has 0 atom stereocenters. The molecule has 1 aromatic heterocycles. The molecule has 0 aliphatic carbocycles. The van der Waals surface area contributed by atoms with Gasteiger partial charge in [-0.25, -0.2) is 9.37 Å². The maximum atomic E-state index is 12.7. The van der Waals surface area contributed by atoms with Gasteiger partial charge in [0.15, 0.2) is 12.1 Å². The molecule has 5 heteroatoms.